The van der Waals surface area contributed by atoms with Crippen LogP contribution in [0.25, 0.3) is 11.2 Å². The van der Waals surface area contributed by atoms with E-state index in [0.29, 0.717) is 23.5 Å². The Kier molecular flexibility index (Phi) is 7.56. The summed E-state index contributed by atoms with van der Waals surface area (Å²) in [6, 6.07) is 22.5. The van der Waals surface area contributed by atoms with Crippen LogP contribution in [-0.2, 0) is 4.74 Å². The first kappa shape index (κ1) is 25.8. The molecular weight excluding hydrogens is 510 g/mol. The first-order valence-corrected chi connectivity index (χ1v) is 15.4. The van der Waals surface area contributed by atoms with Gasteiger partial charge in [-0.2, -0.15) is 0 Å². The summed E-state index contributed by atoms with van der Waals surface area (Å²) in [5.74, 6) is 0.528. The molecule has 9 nitrogen and oxygen atoms in total. The van der Waals surface area contributed by atoms with Crippen molar-refractivity contribution in [1.82, 2.24) is 19.5 Å². The molecule has 0 bridgehead atoms. The third-order valence-corrected chi connectivity index (χ3v) is 12.0. The van der Waals surface area contributed by atoms with Gasteiger partial charge in [-0.15, -0.1) is 0 Å². The summed E-state index contributed by atoms with van der Waals surface area (Å²) < 4.78 is 7.06. The van der Waals surface area contributed by atoms with Gasteiger partial charge in [0.15, 0.2) is 23.2 Å². The minimum Gasteiger partial charge on any atom is -0.394 e. The van der Waals surface area contributed by atoms with Crippen LogP contribution in [0.15, 0.2) is 67.0 Å². The number of nitrogens with one attached hydrogen (secondary N) is 1. The number of fused-ring (bicyclic) bond motifs is 1. The number of imidazole rings is 1. The van der Waals surface area contributed by atoms with Gasteiger partial charge in [-0.1, -0.05) is 77.6 Å². The molecular formula is C26H30ClN5O4Si. The number of aliphatic hydroxyl groups excluding tert-OH is 3. The van der Waals surface area contributed by atoms with Gasteiger partial charge >= 0.3 is 0 Å². The van der Waals surface area contributed by atoms with Gasteiger partial charge in [0.1, 0.15) is 32.7 Å². The van der Waals surface area contributed by atoms with E-state index in [1.807, 2.05) is 0 Å². The maximum atomic E-state index is 10.5. The normalized spacial score (nSPS) is 22.0. The van der Waals surface area contributed by atoms with E-state index < -0.39 is 39.2 Å². The van der Waals surface area contributed by atoms with Gasteiger partial charge in [0.05, 0.1) is 6.61 Å². The molecule has 5 rings (SSSR count). The number of aromatic nitrogens is 4. The summed E-state index contributed by atoms with van der Waals surface area (Å²) in [5.41, 5.74) is 0.807. The average molecular weight is 540 g/mol. The summed E-state index contributed by atoms with van der Waals surface area (Å²) in [5, 5.41) is 36.3. The molecule has 37 heavy (non-hydrogen) atoms. The number of ether oxygens (including phenoxy) is 1. The highest BCUT2D eigenvalue weighted by Gasteiger charge is 2.45. The van der Waals surface area contributed by atoms with Crippen molar-refractivity contribution in [2.24, 2.45) is 0 Å². The Labute approximate surface area is 220 Å². The highest BCUT2D eigenvalue weighted by atomic mass is 35.5. The Morgan fingerprint density at radius 1 is 1.00 bits per heavy atom. The zero-order valence-electron chi connectivity index (χ0n) is 20.4. The van der Waals surface area contributed by atoms with E-state index in [1.54, 1.807) is 0 Å². The predicted octanol–water partition coefficient (Wildman–Crippen LogP) is 1.79. The molecule has 1 fully saturated rings. The highest BCUT2D eigenvalue weighted by Crippen LogP contribution is 2.35. The van der Waals surface area contributed by atoms with Crippen LogP contribution in [0.5, 0.6) is 0 Å². The molecule has 0 saturated carbocycles. The van der Waals surface area contributed by atoms with Crippen LogP contribution >= 0.6 is 11.6 Å². The monoisotopic (exact) mass is 539 g/mol. The number of halogens is 1. The molecule has 1 saturated heterocycles. The smallest absolute Gasteiger partial charge is 0.207 e. The van der Waals surface area contributed by atoms with Crippen molar-refractivity contribution in [3.8, 4) is 0 Å². The molecule has 2 aromatic carbocycles. The topological polar surface area (TPSA) is 126 Å². The van der Waals surface area contributed by atoms with E-state index in [9.17, 15) is 15.3 Å². The van der Waals surface area contributed by atoms with Crippen LogP contribution < -0.4 is 15.7 Å². The summed E-state index contributed by atoms with van der Waals surface area (Å²) in [6.07, 6.45) is -2.20. The first-order chi connectivity index (χ1) is 17.9. The highest BCUT2D eigenvalue weighted by molar-refractivity contribution is 7.01. The lowest BCUT2D eigenvalue weighted by Gasteiger charge is -2.29. The predicted molar refractivity (Wildman–Crippen MR) is 145 cm³/mol. The summed E-state index contributed by atoms with van der Waals surface area (Å²) >= 11 is 6.41. The quantitative estimate of drug-likeness (QED) is 0.144. The molecule has 3 heterocycles. The molecule has 1 aliphatic rings. The molecule has 0 amide bonds. The van der Waals surface area contributed by atoms with Crippen molar-refractivity contribution in [3.05, 3.63) is 72.3 Å². The summed E-state index contributed by atoms with van der Waals surface area (Å²) in [4.78, 5) is 13.1. The third-order valence-electron chi connectivity index (χ3n) is 7.17. The Bertz CT molecular complexity index is 1300. The van der Waals surface area contributed by atoms with Crippen LogP contribution in [0.1, 0.15) is 12.6 Å². The van der Waals surface area contributed by atoms with Gasteiger partial charge in [0, 0.05) is 6.54 Å². The molecule has 0 spiro atoms. The Balaban J connectivity index is 1.33. The van der Waals surface area contributed by atoms with Crippen molar-refractivity contribution in [3.63, 3.8) is 0 Å². The molecule has 194 valence electrons. The van der Waals surface area contributed by atoms with Gasteiger partial charge in [-0.25, -0.2) is 15.0 Å². The molecule has 2 aromatic heterocycles. The maximum Gasteiger partial charge on any atom is 0.207 e. The van der Waals surface area contributed by atoms with E-state index in [0.717, 1.165) is 12.5 Å². The molecule has 0 radical (unpaired) electrons. The summed E-state index contributed by atoms with van der Waals surface area (Å²) in [6.45, 7) is 2.64. The third kappa shape index (κ3) is 4.88. The van der Waals surface area contributed by atoms with E-state index in [1.165, 1.54) is 21.3 Å². The van der Waals surface area contributed by atoms with Crippen molar-refractivity contribution in [1.29, 1.82) is 0 Å². The van der Waals surface area contributed by atoms with E-state index in [4.69, 9.17) is 16.3 Å². The van der Waals surface area contributed by atoms with Crippen molar-refractivity contribution >= 4 is 47.0 Å². The fraction of sp³-hybridized carbons (Fsp3) is 0.346. The molecule has 11 heteroatoms. The fourth-order valence-corrected chi connectivity index (χ4v) is 8.96. The second kappa shape index (κ2) is 10.9. The lowest BCUT2D eigenvalue weighted by molar-refractivity contribution is -0.0509. The van der Waals surface area contributed by atoms with Crippen LogP contribution in [0.4, 0.5) is 5.82 Å². The van der Waals surface area contributed by atoms with Crippen LogP contribution in [0.3, 0.4) is 0 Å². The number of anilines is 1. The van der Waals surface area contributed by atoms with Gasteiger partial charge in [0.2, 0.25) is 5.28 Å². The van der Waals surface area contributed by atoms with Gasteiger partial charge in [-0.3, -0.25) is 4.57 Å². The van der Waals surface area contributed by atoms with E-state index in [2.05, 4.69) is 87.5 Å². The van der Waals surface area contributed by atoms with Crippen molar-refractivity contribution in [2.75, 3.05) is 18.5 Å². The SMILES string of the molecule is C[Si](CCCNc1ncnc2c1nc(Cl)n2[C@H]1O[C@@H](CO)[C@H](O)[C@@H]1O)(c1ccccc1)c1ccccc1. The van der Waals surface area contributed by atoms with Crippen LogP contribution in [-0.4, -0.2) is 74.4 Å². The molecule has 4 atom stereocenters. The van der Waals surface area contributed by atoms with Gasteiger partial charge in [-0.05, 0) is 24.1 Å². The maximum absolute atomic E-state index is 10.5. The zero-order chi connectivity index (χ0) is 26.0. The van der Waals surface area contributed by atoms with Gasteiger partial charge < -0.3 is 25.4 Å². The Morgan fingerprint density at radius 3 is 2.24 bits per heavy atom. The van der Waals surface area contributed by atoms with E-state index >= 15 is 0 Å². The number of hydrogen-bond donors (Lipinski definition) is 4. The van der Waals surface area contributed by atoms with Crippen LogP contribution in [0.2, 0.25) is 17.9 Å². The van der Waals surface area contributed by atoms with Crippen molar-refractivity contribution < 1.29 is 20.1 Å². The standard InChI is InChI=1S/C26H30ClN5O4Si/c1-37(17-9-4-2-5-10-17,18-11-6-3-7-12-18)14-8-13-28-23-20-24(30-16-29-23)32(26(27)31-20)25-22(35)21(34)19(15-33)36-25/h2-7,9-12,16,19,21-22,25,33-35H,8,13-15H2,1H3,(H,28,29,30)/t19-,21-,22-,25-/m0/s1. The van der Waals surface area contributed by atoms with Gasteiger partial charge in [0.25, 0.3) is 0 Å². The van der Waals surface area contributed by atoms with Crippen LogP contribution in [0, 0.1) is 0 Å². The fourth-order valence-electron chi connectivity index (χ4n) is 5.05. The summed E-state index contributed by atoms with van der Waals surface area (Å²) in [7, 11) is -1.94. The number of rotatable bonds is 9. The lowest BCUT2D eigenvalue weighted by Crippen LogP contribution is -2.55. The largest absolute Gasteiger partial charge is 0.394 e. The average Bonchev–Trinajstić information content (AvgIpc) is 3.42. The number of benzene rings is 2. The van der Waals surface area contributed by atoms with E-state index in [-0.39, 0.29) is 5.28 Å². The minimum absolute atomic E-state index is 0.0431. The molecule has 4 N–H and O–H groups in total. The Hall–Kier alpha value is -2.86. The zero-order valence-corrected chi connectivity index (χ0v) is 22.2. The molecule has 4 aromatic rings. The number of nitrogens with zero attached hydrogens (tertiary/aromatic N) is 4. The molecule has 0 unspecified atom stereocenters. The number of aliphatic hydroxyl groups is 3. The Morgan fingerprint density at radius 2 is 1.65 bits per heavy atom. The molecule has 0 aliphatic carbocycles. The number of hydrogen-bond acceptors (Lipinski definition) is 8. The molecule has 1 aliphatic heterocycles. The second-order valence-corrected chi connectivity index (χ2v) is 14.1. The van der Waals surface area contributed by atoms with Crippen molar-refractivity contribution in [2.45, 2.75) is 43.6 Å². The first-order valence-electron chi connectivity index (χ1n) is 12.3. The second-order valence-electron chi connectivity index (χ2n) is 9.47. The lowest BCUT2D eigenvalue weighted by atomic mass is 10.1. The minimum atomic E-state index is -1.94.